The van der Waals surface area contributed by atoms with Crippen molar-refractivity contribution < 1.29 is 9.13 Å². The normalized spacial score (nSPS) is 19.5. The Labute approximate surface area is 192 Å². The smallest absolute Gasteiger partial charge is 0.131 e. The van der Waals surface area contributed by atoms with Gasteiger partial charge in [0.25, 0.3) is 0 Å². The predicted octanol–water partition coefficient (Wildman–Crippen LogP) is 4.04. The highest BCUT2D eigenvalue weighted by Gasteiger charge is 2.28. The number of hydrogen-bond acceptors (Lipinski definition) is 5. The minimum Gasteiger partial charge on any atom is -0.497 e. The molecular weight excluding hydrogens is 403 g/mol. The SMILES string of the molecule is COc1ccc(CN(Cc2ccncc2)CC2CCN(C3CCN(C)CC3)CC2)c(F)c1. The summed E-state index contributed by atoms with van der Waals surface area (Å²) in [6.45, 7) is 7.24. The van der Waals surface area contributed by atoms with Crippen LogP contribution in [0.15, 0.2) is 42.7 Å². The Hall–Kier alpha value is -2.02. The molecule has 174 valence electrons. The molecule has 0 amide bonds. The van der Waals surface area contributed by atoms with E-state index in [0.29, 0.717) is 18.2 Å². The number of piperidine rings is 2. The van der Waals surface area contributed by atoms with Gasteiger partial charge in [-0.2, -0.15) is 0 Å². The Balaban J connectivity index is 1.37. The second-order valence-corrected chi connectivity index (χ2v) is 9.50. The van der Waals surface area contributed by atoms with Crippen LogP contribution in [0.25, 0.3) is 0 Å². The third-order valence-corrected chi connectivity index (χ3v) is 7.18. The maximum Gasteiger partial charge on any atom is 0.131 e. The lowest BCUT2D eigenvalue weighted by atomic mass is 9.92. The van der Waals surface area contributed by atoms with Crippen LogP contribution in [0.4, 0.5) is 4.39 Å². The van der Waals surface area contributed by atoms with Crippen LogP contribution in [0.2, 0.25) is 0 Å². The van der Waals surface area contributed by atoms with Gasteiger partial charge in [-0.1, -0.05) is 6.07 Å². The summed E-state index contributed by atoms with van der Waals surface area (Å²) >= 11 is 0. The molecule has 5 nitrogen and oxygen atoms in total. The van der Waals surface area contributed by atoms with Crippen molar-refractivity contribution in [1.29, 1.82) is 0 Å². The number of likely N-dealkylation sites (tertiary alicyclic amines) is 2. The van der Waals surface area contributed by atoms with Crippen molar-refractivity contribution >= 4 is 0 Å². The topological polar surface area (TPSA) is 31.8 Å². The van der Waals surface area contributed by atoms with Gasteiger partial charge in [-0.05, 0) is 88.6 Å². The Morgan fingerprint density at radius 2 is 1.72 bits per heavy atom. The van der Waals surface area contributed by atoms with Crippen molar-refractivity contribution in [2.24, 2.45) is 5.92 Å². The fourth-order valence-electron chi connectivity index (χ4n) is 5.18. The van der Waals surface area contributed by atoms with E-state index >= 15 is 0 Å². The molecule has 2 aromatic rings. The molecule has 0 saturated carbocycles. The molecule has 6 heteroatoms. The summed E-state index contributed by atoms with van der Waals surface area (Å²) in [5.41, 5.74) is 1.95. The molecule has 1 aromatic heterocycles. The van der Waals surface area contributed by atoms with Gasteiger partial charge >= 0.3 is 0 Å². The average molecular weight is 441 g/mol. The minimum absolute atomic E-state index is 0.193. The molecular formula is C26H37FN4O. The van der Waals surface area contributed by atoms with Gasteiger partial charge in [0, 0.05) is 49.7 Å². The highest BCUT2D eigenvalue weighted by atomic mass is 19.1. The molecule has 0 radical (unpaired) electrons. The monoisotopic (exact) mass is 440 g/mol. The number of methoxy groups -OCH3 is 1. The third kappa shape index (κ3) is 6.27. The zero-order chi connectivity index (χ0) is 22.3. The van der Waals surface area contributed by atoms with E-state index in [9.17, 15) is 4.39 Å². The summed E-state index contributed by atoms with van der Waals surface area (Å²) in [5.74, 6) is 1.02. The number of pyridine rings is 1. The number of aromatic nitrogens is 1. The summed E-state index contributed by atoms with van der Waals surface area (Å²) < 4.78 is 19.8. The third-order valence-electron chi connectivity index (χ3n) is 7.18. The van der Waals surface area contributed by atoms with Gasteiger partial charge in [-0.15, -0.1) is 0 Å². The number of nitrogens with zero attached hydrogens (tertiary/aromatic N) is 4. The van der Waals surface area contributed by atoms with Crippen molar-refractivity contribution in [2.45, 2.75) is 44.8 Å². The molecule has 1 aromatic carbocycles. The van der Waals surface area contributed by atoms with Crippen LogP contribution < -0.4 is 4.74 Å². The summed E-state index contributed by atoms with van der Waals surface area (Å²) in [6.07, 6.45) is 8.72. The molecule has 2 fully saturated rings. The fraction of sp³-hybridized carbons (Fsp3) is 0.577. The Morgan fingerprint density at radius 1 is 1.00 bits per heavy atom. The van der Waals surface area contributed by atoms with E-state index in [1.807, 2.05) is 24.5 Å². The van der Waals surface area contributed by atoms with Gasteiger partial charge in [0.15, 0.2) is 0 Å². The molecule has 0 bridgehead atoms. The molecule has 2 saturated heterocycles. The molecule has 0 N–H and O–H groups in total. The molecule has 0 unspecified atom stereocenters. The number of hydrogen-bond donors (Lipinski definition) is 0. The molecule has 3 heterocycles. The number of halogens is 1. The largest absolute Gasteiger partial charge is 0.497 e. The lowest BCUT2D eigenvalue weighted by Crippen LogP contribution is -2.47. The second kappa shape index (κ2) is 11.2. The zero-order valence-corrected chi connectivity index (χ0v) is 19.5. The maximum absolute atomic E-state index is 14.7. The van der Waals surface area contributed by atoms with Crippen LogP contribution in [0.1, 0.15) is 36.8 Å². The van der Waals surface area contributed by atoms with Crippen LogP contribution in [0.5, 0.6) is 5.75 Å². The second-order valence-electron chi connectivity index (χ2n) is 9.50. The minimum atomic E-state index is -0.193. The van der Waals surface area contributed by atoms with Gasteiger partial charge in [0.05, 0.1) is 7.11 Å². The highest BCUT2D eigenvalue weighted by molar-refractivity contribution is 5.29. The number of ether oxygens (including phenoxy) is 1. The zero-order valence-electron chi connectivity index (χ0n) is 19.5. The number of benzene rings is 1. The quantitative estimate of drug-likeness (QED) is 0.619. The lowest BCUT2D eigenvalue weighted by molar-refractivity contribution is 0.0726. The van der Waals surface area contributed by atoms with E-state index in [2.05, 4.69) is 38.9 Å². The van der Waals surface area contributed by atoms with E-state index in [1.165, 1.54) is 63.5 Å². The van der Waals surface area contributed by atoms with E-state index < -0.39 is 0 Å². The van der Waals surface area contributed by atoms with Crippen molar-refractivity contribution in [3.05, 3.63) is 59.7 Å². The molecule has 32 heavy (non-hydrogen) atoms. The van der Waals surface area contributed by atoms with Crippen molar-refractivity contribution in [1.82, 2.24) is 19.7 Å². The Bertz CT molecular complexity index is 833. The van der Waals surface area contributed by atoms with Gasteiger partial charge in [0.1, 0.15) is 11.6 Å². The maximum atomic E-state index is 14.7. The Morgan fingerprint density at radius 3 is 2.38 bits per heavy atom. The lowest BCUT2D eigenvalue weighted by Gasteiger charge is -2.42. The van der Waals surface area contributed by atoms with Crippen LogP contribution in [-0.2, 0) is 13.1 Å². The molecule has 0 atom stereocenters. The first kappa shape index (κ1) is 23.1. The predicted molar refractivity (Wildman–Crippen MR) is 126 cm³/mol. The molecule has 2 aliphatic rings. The highest BCUT2D eigenvalue weighted by Crippen LogP contribution is 2.26. The van der Waals surface area contributed by atoms with Crippen molar-refractivity contribution in [3.8, 4) is 5.75 Å². The first-order chi connectivity index (χ1) is 15.6. The Kier molecular flexibility index (Phi) is 8.11. The first-order valence-corrected chi connectivity index (χ1v) is 12.0. The van der Waals surface area contributed by atoms with E-state index in [1.54, 1.807) is 7.11 Å². The molecule has 2 aliphatic heterocycles. The van der Waals surface area contributed by atoms with E-state index in [0.717, 1.165) is 24.7 Å². The van der Waals surface area contributed by atoms with Crippen LogP contribution in [0, 0.1) is 11.7 Å². The molecule has 4 rings (SSSR count). The summed E-state index contributed by atoms with van der Waals surface area (Å²) in [4.78, 5) is 11.7. The summed E-state index contributed by atoms with van der Waals surface area (Å²) in [7, 11) is 3.80. The van der Waals surface area contributed by atoms with Crippen molar-refractivity contribution in [3.63, 3.8) is 0 Å². The van der Waals surface area contributed by atoms with Crippen LogP contribution in [-0.4, -0.2) is 72.6 Å². The first-order valence-electron chi connectivity index (χ1n) is 12.0. The number of rotatable bonds is 8. The van der Waals surface area contributed by atoms with Gasteiger partial charge in [0.2, 0.25) is 0 Å². The summed E-state index contributed by atoms with van der Waals surface area (Å²) in [5, 5.41) is 0. The molecule has 0 spiro atoms. The summed E-state index contributed by atoms with van der Waals surface area (Å²) in [6, 6.07) is 10.1. The van der Waals surface area contributed by atoms with Crippen LogP contribution >= 0.6 is 0 Å². The van der Waals surface area contributed by atoms with Crippen molar-refractivity contribution in [2.75, 3.05) is 46.9 Å². The average Bonchev–Trinajstić information content (AvgIpc) is 2.82. The molecule has 0 aliphatic carbocycles. The van der Waals surface area contributed by atoms with Crippen LogP contribution in [0.3, 0.4) is 0 Å². The van der Waals surface area contributed by atoms with Gasteiger partial charge in [-0.25, -0.2) is 4.39 Å². The van der Waals surface area contributed by atoms with Gasteiger partial charge < -0.3 is 14.5 Å². The standard InChI is InChI=1S/C26H37FN4O/c1-29-13-9-24(10-14-29)31-15-7-22(8-16-31)19-30(18-21-5-11-28-12-6-21)20-23-3-4-25(32-2)17-26(23)27/h3-6,11-12,17,22,24H,7-10,13-16,18-20H2,1-2H3. The van der Waals surface area contributed by atoms with E-state index in [4.69, 9.17) is 4.74 Å². The van der Waals surface area contributed by atoms with Gasteiger partial charge in [-0.3, -0.25) is 9.88 Å². The fourth-order valence-corrected chi connectivity index (χ4v) is 5.18. The van der Waals surface area contributed by atoms with E-state index in [-0.39, 0.29) is 5.82 Å².